The van der Waals surface area contributed by atoms with Crippen LogP contribution in [0.3, 0.4) is 0 Å². The van der Waals surface area contributed by atoms with E-state index in [1.165, 1.54) is 0 Å². The summed E-state index contributed by atoms with van der Waals surface area (Å²) in [6, 6.07) is 0. The van der Waals surface area contributed by atoms with Crippen LogP contribution in [0, 0.1) is 0 Å². The molecule has 0 saturated heterocycles. The van der Waals surface area contributed by atoms with Crippen molar-refractivity contribution in [2.45, 2.75) is 0 Å². The minimum atomic E-state index is -2.17. The van der Waals surface area contributed by atoms with Crippen LogP contribution in [0.4, 0.5) is 4.70 Å². The van der Waals surface area contributed by atoms with Gasteiger partial charge in [-0.1, -0.05) is 0 Å². The molecular weight excluding hydrogens is 86.8 g/mol. The van der Waals surface area contributed by atoms with E-state index in [4.69, 9.17) is 15.1 Å². The Morgan fingerprint density at radius 2 is 1.00 bits per heavy atom. The van der Waals surface area contributed by atoms with Crippen LogP contribution in [0.1, 0.15) is 0 Å². The SMILES string of the molecule is F.OB(O)O.[BeH2]. The summed E-state index contributed by atoms with van der Waals surface area (Å²) >= 11 is 0. The maximum atomic E-state index is 7.17. The summed E-state index contributed by atoms with van der Waals surface area (Å²) in [4.78, 5) is 0. The Labute approximate surface area is 38.4 Å². The zero-order valence-corrected chi connectivity index (χ0v) is 2.33. The second kappa shape index (κ2) is 8.90. The van der Waals surface area contributed by atoms with Crippen LogP contribution in [0.5, 0.6) is 0 Å². The number of hydrogen-bond donors (Lipinski definition) is 3. The first-order valence-corrected chi connectivity index (χ1v) is 0.775. The Balaban J connectivity index is -0.0000000450. The monoisotopic (exact) mass is 93.1 g/mol. The van der Waals surface area contributed by atoms with Crippen molar-refractivity contribution < 1.29 is 19.8 Å². The van der Waals surface area contributed by atoms with E-state index in [-0.39, 0.29) is 14.8 Å². The van der Waals surface area contributed by atoms with Crippen molar-refractivity contribution in [3.63, 3.8) is 0 Å². The van der Waals surface area contributed by atoms with Gasteiger partial charge in [-0.15, -0.1) is 0 Å². The molecule has 0 amide bonds. The molecule has 0 fully saturated rings. The molecule has 6 heteroatoms. The Hall–Kier alpha value is 0.0438. The zero-order chi connectivity index (χ0) is 3.58. The normalized spacial score (nSPS) is 4.50. The molecular formula is H6BBeFO3. The van der Waals surface area contributed by atoms with Crippen molar-refractivity contribution in [1.29, 1.82) is 0 Å². The predicted molar refractivity (Wildman–Crippen MR) is 23.5 cm³/mol. The summed E-state index contributed by atoms with van der Waals surface area (Å²) in [5.41, 5.74) is 0. The van der Waals surface area contributed by atoms with Crippen molar-refractivity contribution in [1.82, 2.24) is 0 Å². The summed E-state index contributed by atoms with van der Waals surface area (Å²) in [6.07, 6.45) is 0. The van der Waals surface area contributed by atoms with Gasteiger partial charge in [0.15, 0.2) is 0 Å². The van der Waals surface area contributed by atoms with Crippen molar-refractivity contribution >= 4 is 17.4 Å². The van der Waals surface area contributed by atoms with Crippen molar-refractivity contribution in [3.8, 4) is 0 Å². The van der Waals surface area contributed by atoms with Gasteiger partial charge in [0.2, 0.25) is 0 Å². The number of hydrogen-bond acceptors (Lipinski definition) is 3. The average molecular weight is 92.9 g/mol. The van der Waals surface area contributed by atoms with Crippen LogP contribution in [-0.4, -0.2) is 32.5 Å². The van der Waals surface area contributed by atoms with Gasteiger partial charge >= 0.3 is 17.4 Å². The van der Waals surface area contributed by atoms with Crippen molar-refractivity contribution in [2.24, 2.45) is 0 Å². The molecule has 0 aliphatic carbocycles. The summed E-state index contributed by atoms with van der Waals surface area (Å²) in [5, 5.41) is 21.5. The van der Waals surface area contributed by atoms with E-state index in [1.807, 2.05) is 0 Å². The third kappa shape index (κ3) is 19600. The first-order valence-electron chi connectivity index (χ1n) is 0.775. The van der Waals surface area contributed by atoms with Gasteiger partial charge in [-0.3, -0.25) is 4.70 Å². The summed E-state index contributed by atoms with van der Waals surface area (Å²) in [6.45, 7) is 0. The molecule has 0 rings (SSSR count). The van der Waals surface area contributed by atoms with Gasteiger partial charge in [0.25, 0.3) is 0 Å². The second-order valence-electron chi connectivity index (χ2n) is 0.346. The maximum absolute atomic E-state index is 7.17. The molecule has 0 bridgehead atoms. The summed E-state index contributed by atoms with van der Waals surface area (Å²) in [7, 11) is -2.17. The molecule has 0 heterocycles. The van der Waals surface area contributed by atoms with E-state index in [9.17, 15) is 0 Å². The van der Waals surface area contributed by atoms with Crippen LogP contribution < -0.4 is 0 Å². The first-order chi connectivity index (χ1) is 1.73. The molecule has 0 aromatic heterocycles. The fourth-order valence-electron chi connectivity index (χ4n) is 0. The fraction of sp³-hybridized carbons (Fsp3) is 0. The van der Waals surface area contributed by atoms with E-state index < -0.39 is 7.32 Å². The van der Waals surface area contributed by atoms with Gasteiger partial charge in [0.05, 0.1) is 0 Å². The summed E-state index contributed by atoms with van der Waals surface area (Å²) in [5.74, 6) is 0. The summed E-state index contributed by atoms with van der Waals surface area (Å²) < 4.78 is 0. The van der Waals surface area contributed by atoms with Crippen molar-refractivity contribution in [2.75, 3.05) is 0 Å². The third-order valence-corrected chi connectivity index (χ3v) is 0. The topological polar surface area (TPSA) is 60.7 Å². The van der Waals surface area contributed by atoms with E-state index in [0.717, 1.165) is 0 Å². The van der Waals surface area contributed by atoms with Gasteiger partial charge < -0.3 is 15.1 Å². The second-order valence-corrected chi connectivity index (χ2v) is 0.346. The number of halogens is 1. The van der Waals surface area contributed by atoms with Crippen LogP contribution in [0.25, 0.3) is 0 Å². The molecule has 3 nitrogen and oxygen atoms in total. The van der Waals surface area contributed by atoms with Gasteiger partial charge in [-0.2, -0.15) is 0 Å². The predicted octanol–water partition coefficient (Wildman–Crippen LogP) is -2.82. The quantitative estimate of drug-likeness (QED) is 0.283. The molecule has 0 aromatic rings. The Bertz CT molecular complexity index is 15.5. The van der Waals surface area contributed by atoms with Crippen molar-refractivity contribution in [3.05, 3.63) is 0 Å². The zero-order valence-electron chi connectivity index (χ0n) is 2.33. The molecule has 0 aliphatic rings. The molecule has 0 saturated carbocycles. The number of rotatable bonds is 0. The van der Waals surface area contributed by atoms with Crippen LogP contribution >= 0.6 is 0 Å². The first kappa shape index (κ1) is 16.6. The fourth-order valence-corrected chi connectivity index (χ4v) is 0. The van der Waals surface area contributed by atoms with Gasteiger partial charge in [0, 0.05) is 0 Å². The Morgan fingerprint density at radius 3 is 1.00 bits per heavy atom. The molecule has 0 atom stereocenters. The molecule has 3 N–H and O–H groups in total. The van der Waals surface area contributed by atoms with E-state index in [1.54, 1.807) is 0 Å². The third-order valence-electron chi connectivity index (χ3n) is 0. The Kier molecular flexibility index (Phi) is 24.6. The van der Waals surface area contributed by atoms with E-state index >= 15 is 0 Å². The molecule has 0 aromatic carbocycles. The Morgan fingerprint density at radius 1 is 1.00 bits per heavy atom. The molecule has 0 radical (unpaired) electrons. The minimum absolute atomic E-state index is 0. The standard InChI is InChI=1S/BH3O3.Be.FH.2H/c2-1(3)4;;;;/h2-4H;;1H;;. The van der Waals surface area contributed by atoms with Gasteiger partial charge in [-0.05, 0) is 0 Å². The molecule has 36 valence electrons. The van der Waals surface area contributed by atoms with E-state index in [2.05, 4.69) is 0 Å². The van der Waals surface area contributed by atoms with Gasteiger partial charge in [0.1, 0.15) is 0 Å². The molecule has 6 heavy (non-hydrogen) atoms. The van der Waals surface area contributed by atoms with E-state index in [0.29, 0.717) is 0 Å². The van der Waals surface area contributed by atoms with Crippen LogP contribution in [0.15, 0.2) is 0 Å². The molecule has 0 spiro atoms. The molecule has 0 unspecified atom stereocenters. The molecule has 0 aliphatic heterocycles. The van der Waals surface area contributed by atoms with Gasteiger partial charge in [-0.25, -0.2) is 0 Å². The average Bonchev–Trinajstić information content (AvgIpc) is 0.811. The van der Waals surface area contributed by atoms with Crippen LogP contribution in [0.2, 0.25) is 0 Å². The van der Waals surface area contributed by atoms with Crippen LogP contribution in [-0.2, 0) is 0 Å².